The summed E-state index contributed by atoms with van der Waals surface area (Å²) in [6.45, 7) is 11.5. The Labute approximate surface area is 144 Å². The highest BCUT2D eigenvalue weighted by atomic mass is 16.5. The molecule has 0 aliphatic carbocycles. The average Bonchev–Trinajstić information content (AvgIpc) is 2.62. The largest absolute Gasteiger partial charge is 0.371 e. The zero-order chi connectivity index (χ0) is 16.4. The van der Waals surface area contributed by atoms with Gasteiger partial charge in [-0.25, -0.2) is 4.98 Å². The maximum atomic E-state index is 6.03. The second-order valence-electron chi connectivity index (χ2n) is 7.25. The van der Waals surface area contributed by atoms with Gasteiger partial charge in [0.15, 0.2) is 0 Å². The Hall–Kier alpha value is -1.21. The average molecular weight is 331 g/mol. The van der Waals surface area contributed by atoms with E-state index in [-0.39, 0.29) is 0 Å². The van der Waals surface area contributed by atoms with Crippen LogP contribution in [0, 0.1) is 0 Å². The van der Waals surface area contributed by atoms with Gasteiger partial charge in [-0.3, -0.25) is 4.90 Å². The fourth-order valence-electron chi connectivity index (χ4n) is 3.95. The number of pyridine rings is 1. The van der Waals surface area contributed by atoms with E-state index in [0.29, 0.717) is 12.2 Å². The van der Waals surface area contributed by atoms with Crippen molar-refractivity contribution >= 4 is 5.82 Å². The van der Waals surface area contributed by atoms with Crippen LogP contribution in [0.5, 0.6) is 0 Å². The summed E-state index contributed by atoms with van der Waals surface area (Å²) in [5.74, 6) is 1.14. The molecule has 2 unspecified atom stereocenters. The molecule has 1 aromatic heterocycles. The Kier molecular flexibility index (Phi) is 4.98. The van der Waals surface area contributed by atoms with Crippen LogP contribution >= 0.6 is 0 Å². The summed E-state index contributed by atoms with van der Waals surface area (Å²) in [4.78, 5) is 9.66. The summed E-state index contributed by atoms with van der Waals surface area (Å²) < 4.78 is 6.03. The van der Waals surface area contributed by atoms with Crippen molar-refractivity contribution in [3.63, 3.8) is 0 Å². The van der Waals surface area contributed by atoms with Gasteiger partial charge < -0.3 is 20.3 Å². The summed E-state index contributed by atoms with van der Waals surface area (Å²) in [5, 5.41) is 6.91. The molecule has 0 amide bonds. The Balaban J connectivity index is 1.31. The minimum Gasteiger partial charge on any atom is -0.371 e. The second kappa shape index (κ2) is 7.35. The highest BCUT2D eigenvalue weighted by molar-refractivity contribution is 5.45. The molecule has 2 saturated heterocycles. The SMILES string of the molecule is CC1CNCC(CN2CCN(c3cc4c(cn3)CCNC4)CC2)O1. The van der Waals surface area contributed by atoms with Crippen LogP contribution in [0.1, 0.15) is 18.1 Å². The number of anilines is 1. The molecule has 6 heteroatoms. The van der Waals surface area contributed by atoms with Gasteiger partial charge in [-0.05, 0) is 37.1 Å². The van der Waals surface area contributed by atoms with Gasteiger partial charge in [0.2, 0.25) is 0 Å². The molecule has 2 atom stereocenters. The van der Waals surface area contributed by atoms with Crippen molar-refractivity contribution in [3.8, 4) is 0 Å². The van der Waals surface area contributed by atoms with Crippen LogP contribution in [0.2, 0.25) is 0 Å². The van der Waals surface area contributed by atoms with Crippen LogP contribution < -0.4 is 15.5 Å². The zero-order valence-corrected chi connectivity index (χ0v) is 14.6. The van der Waals surface area contributed by atoms with Crippen LogP contribution in [0.3, 0.4) is 0 Å². The topological polar surface area (TPSA) is 52.7 Å². The molecule has 0 aromatic carbocycles. The third-order valence-electron chi connectivity index (χ3n) is 5.34. The number of nitrogens with one attached hydrogen (secondary N) is 2. The molecule has 4 rings (SSSR count). The van der Waals surface area contributed by atoms with Gasteiger partial charge in [0, 0.05) is 58.6 Å². The van der Waals surface area contributed by atoms with Crippen molar-refractivity contribution < 1.29 is 4.74 Å². The summed E-state index contributed by atoms with van der Waals surface area (Å²) >= 11 is 0. The fraction of sp³-hybridized carbons (Fsp3) is 0.722. The molecule has 132 valence electrons. The predicted molar refractivity (Wildman–Crippen MR) is 95.5 cm³/mol. The van der Waals surface area contributed by atoms with Gasteiger partial charge in [0.25, 0.3) is 0 Å². The Bertz CT molecular complexity index is 558. The van der Waals surface area contributed by atoms with Crippen molar-refractivity contribution in [1.82, 2.24) is 20.5 Å². The lowest BCUT2D eigenvalue weighted by Gasteiger charge is -2.38. The van der Waals surface area contributed by atoms with Crippen molar-refractivity contribution in [1.29, 1.82) is 0 Å². The molecule has 0 bridgehead atoms. The Morgan fingerprint density at radius 2 is 2.04 bits per heavy atom. The molecule has 0 radical (unpaired) electrons. The number of hydrogen-bond donors (Lipinski definition) is 2. The first-order valence-electron chi connectivity index (χ1n) is 9.30. The van der Waals surface area contributed by atoms with E-state index in [4.69, 9.17) is 9.72 Å². The highest BCUT2D eigenvalue weighted by Crippen LogP contribution is 2.20. The maximum Gasteiger partial charge on any atom is 0.128 e. The number of rotatable bonds is 3. The minimum absolute atomic E-state index is 0.327. The van der Waals surface area contributed by atoms with Gasteiger partial charge in [-0.2, -0.15) is 0 Å². The lowest BCUT2D eigenvalue weighted by atomic mass is 10.0. The summed E-state index contributed by atoms with van der Waals surface area (Å²) in [7, 11) is 0. The molecule has 4 heterocycles. The number of fused-ring (bicyclic) bond motifs is 1. The van der Waals surface area contributed by atoms with E-state index in [1.54, 1.807) is 0 Å². The summed E-state index contributed by atoms with van der Waals surface area (Å²) in [5.41, 5.74) is 2.83. The third-order valence-corrected chi connectivity index (χ3v) is 5.34. The number of nitrogens with zero attached hydrogens (tertiary/aromatic N) is 3. The first kappa shape index (κ1) is 16.3. The zero-order valence-electron chi connectivity index (χ0n) is 14.6. The highest BCUT2D eigenvalue weighted by Gasteiger charge is 2.24. The van der Waals surface area contributed by atoms with Gasteiger partial charge >= 0.3 is 0 Å². The van der Waals surface area contributed by atoms with Gasteiger partial charge in [-0.15, -0.1) is 0 Å². The molecule has 0 spiro atoms. The van der Waals surface area contributed by atoms with Gasteiger partial charge in [0.05, 0.1) is 12.2 Å². The van der Waals surface area contributed by atoms with Crippen LogP contribution in [0.4, 0.5) is 5.82 Å². The summed E-state index contributed by atoms with van der Waals surface area (Å²) in [6.07, 6.45) is 3.84. The lowest BCUT2D eigenvalue weighted by molar-refractivity contribution is -0.0428. The van der Waals surface area contributed by atoms with Crippen molar-refractivity contribution in [2.75, 3.05) is 57.3 Å². The minimum atomic E-state index is 0.327. The van der Waals surface area contributed by atoms with Crippen LogP contribution in [-0.4, -0.2) is 74.4 Å². The maximum absolute atomic E-state index is 6.03. The second-order valence-corrected chi connectivity index (χ2v) is 7.25. The molecule has 3 aliphatic rings. The molecule has 2 N–H and O–H groups in total. The number of aromatic nitrogens is 1. The van der Waals surface area contributed by atoms with Crippen LogP contribution in [-0.2, 0) is 17.7 Å². The number of piperazine rings is 1. The van der Waals surface area contributed by atoms with Crippen molar-refractivity contribution in [3.05, 3.63) is 23.4 Å². The predicted octanol–water partition coefficient (Wildman–Crippen LogP) is 0.226. The lowest BCUT2D eigenvalue weighted by Crippen LogP contribution is -2.53. The monoisotopic (exact) mass is 331 g/mol. The van der Waals surface area contributed by atoms with Crippen molar-refractivity contribution in [2.24, 2.45) is 0 Å². The first-order valence-corrected chi connectivity index (χ1v) is 9.30. The van der Waals surface area contributed by atoms with E-state index in [0.717, 1.165) is 71.1 Å². The molecular weight excluding hydrogens is 302 g/mol. The fourth-order valence-corrected chi connectivity index (χ4v) is 3.95. The van der Waals surface area contributed by atoms with Crippen LogP contribution in [0.15, 0.2) is 12.3 Å². The number of ether oxygens (including phenoxy) is 1. The quantitative estimate of drug-likeness (QED) is 0.827. The van der Waals surface area contributed by atoms with Crippen LogP contribution in [0.25, 0.3) is 0 Å². The number of hydrogen-bond acceptors (Lipinski definition) is 6. The Morgan fingerprint density at radius 3 is 2.88 bits per heavy atom. The number of morpholine rings is 1. The molecule has 1 aromatic rings. The first-order chi connectivity index (χ1) is 11.8. The van der Waals surface area contributed by atoms with E-state index >= 15 is 0 Å². The Morgan fingerprint density at radius 1 is 1.17 bits per heavy atom. The van der Waals surface area contributed by atoms with E-state index in [1.807, 2.05) is 0 Å². The standard InChI is InChI=1S/C18H29N5O/c1-14-9-20-12-17(24-14)13-22-4-6-23(7-5-22)18-8-16-10-19-3-2-15(16)11-21-18/h8,11,14,17,19-20H,2-7,9-10,12-13H2,1H3. The van der Waals surface area contributed by atoms with E-state index in [2.05, 4.69) is 39.6 Å². The molecule has 6 nitrogen and oxygen atoms in total. The molecule has 0 saturated carbocycles. The van der Waals surface area contributed by atoms with Crippen molar-refractivity contribution in [2.45, 2.75) is 32.1 Å². The summed E-state index contributed by atoms with van der Waals surface area (Å²) in [6, 6.07) is 2.28. The van der Waals surface area contributed by atoms with E-state index in [1.165, 1.54) is 11.1 Å². The van der Waals surface area contributed by atoms with Gasteiger partial charge in [-0.1, -0.05) is 0 Å². The normalized spacial score (nSPS) is 28.6. The third kappa shape index (κ3) is 3.72. The van der Waals surface area contributed by atoms with E-state index < -0.39 is 0 Å². The smallest absolute Gasteiger partial charge is 0.128 e. The molecule has 24 heavy (non-hydrogen) atoms. The molecular formula is C18H29N5O. The molecule has 3 aliphatic heterocycles. The molecule has 2 fully saturated rings. The van der Waals surface area contributed by atoms with Gasteiger partial charge in [0.1, 0.15) is 5.82 Å². The van der Waals surface area contributed by atoms with E-state index in [9.17, 15) is 0 Å².